The standard InChI is InChI=1S/C22H26N2/c1-21(2,3)19-17(14-23)18(15-10-7-6-8-11-15)16-12-9-13-22(4,5)20(16)24-19/h6-8,10-11H,9,12-13H2,1-5H3. The first kappa shape index (κ1) is 16.7. The van der Waals surface area contributed by atoms with Gasteiger partial charge in [0.2, 0.25) is 0 Å². The van der Waals surface area contributed by atoms with Gasteiger partial charge in [0.05, 0.1) is 17.0 Å². The molecule has 0 bridgehead atoms. The van der Waals surface area contributed by atoms with Crippen molar-refractivity contribution in [1.82, 2.24) is 4.98 Å². The Bertz CT molecular complexity index is 803. The van der Waals surface area contributed by atoms with E-state index in [1.54, 1.807) is 0 Å². The van der Waals surface area contributed by atoms with E-state index in [9.17, 15) is 5.26 Å². The summed E-state index contributed by atoms with van der Waals surface area (Å²) in [6.45, 7) is 11.0. The minimum absolute atomic E-state index is 0.0606. The average Bonchev–Trinajstić information content (AvgIpc) is 2.53. The van der Waals surface area contributed by atoms with E-state index in [0.29, 0.717) is 0 Å². The van der Waals surface area contributed by atoms with Gasteiger partial charge in [-0.3, -0.25) is 4.98 Å². The second-order valence-corrected chi connectivity index (χ2v) is 8.50. The van der Waals surface area contributed by atoms with E-state index in [1.165, 1.54) is 11.3 Å². The predicted molar refractivity (Wildman–Crippen MR) is 99.1 cm³/mol. The molecule has 1 aromatic heterocycles. The smallest absolute Gasteiger partial charge is 0.102 e. The topological polar surface area (TPSA) is 36.7 Å². The van der Waals surface area contributed by atoms with Gasteiger partial charge in [-0.25, -0.2) is 0 Å². The van der Waals surface area contributed by atoms with Crippen molar-refractivity contribution in [2.24, 2.45) is 0 Å². The Labute approximate surface area is 145 Å². The Kier molecular flexibility index (Phi) is 4.00. The Morgan fingerprint density at radius 2 is 1.79 bits per heavy atom. The number of nitrogens with zero attached hydrogens (tertiary/aromatic N) is 2. The molecule has 24 heavy (non-hydrogen) atoms. The molecule has 3 rings (SSSR count). The number of benzene rings is 1. The van der Waals surface area contributed by atoms with Crippen LogP contribution in [0.1, 0.15) is 70.0 Å². The lowest BCUT2D eigenvalue weighted by atomic mass is 9.72. The number of aromatic nitrogens is 1. The lowest BCUT2D eigenvalue weighted by Crippen LogP contribution is -2.29. The molecule has 0 spiro atoms. The van der Waals surface area contributed by atoms with Gasteiger partial charge in [0.25, 0.3) is 0 Å². The maximum absolute atomic E-state index is 9.97. The molecule has 124 valence electrons. The number of fused-ring (bicyclic) bond motifs is 1. The van der Waals surface area contributed by atoms with Crippen LogP contribution in [0.2, 0.25) is 0 Å². The van der Waals surface area contributed by atoms with Crippen LogP contribution in [0.25, 0.3) is 11.1 Å². The maximum Gasteiger partial charge on any atom is 0.102 e. The van der Waals surface area contributed by atoms with Crippen LogP contribution in [0, 0.1) is 11.3 Å². The summed E-state index contributed by atoms with van der Waals surface area (Å²) in [5.41, 5.74) is 6.31. The highest BCUT2D eigenvalue weighted by Crippen LogP contribution is 2.43. The average molecular weight is 318 g/mol. The van der Waals surface area contributed by atoms with E-state index < -0.39 is 0 Å². The number of pyridine rings is 1. The van der Waals surface area contributed by atoms with Crippen molar-refractivity contribution < 1.29 is 0 Å². The van der Waals surface area contributed by atoms with Gasteiger partial charge in [0.15, 0.2) is 0 Å². The molecule has 0 N–H and O–H groups in total. The second kappa shape index (κ2) is 5.74. The normalized spacial score (nSPS) is 16.3. The van der Waals surface area contributed by atoms with Gasteiger partial charge in [-0.15, -0.1) is 0 Å². The van der Waals surface area contributed by atoms with Crippen LogP contribution in [0.3, 0.4) is 0 Å². The van der Waals surface area contributed by atoms with Gasteiger partial charge in [0.1, 0.15) is 6.07 Å². The van der Waals surface area contributed by atoms with Gasteiger partial charge < -0.3 is 0 Å². The molecular weight excluding hydrogens is 292 g/mol. The van der Waals surface area contributed by atoms with Crippen molar-refractivity contribution in [3.05, 3.63) is 52.8 Å². The highest BCUT2D eigenvalue weighted by atomic mass is 14.8. The van der Waals surface area contributed by atoms with Crippen LogP contribution in [0.4, 0.5) is 0 Å². The van der Waals surface area contributed by atoms with Gasteiger partial charge in [0, 0.05) is 16.4 Å². The fraction of sp³-hybridized carbons (Fsp3) is 0.455. The molecule has 0 saturated heterocycles. The summed E-state index contributed by atoms with van der Waals surface area (Å²) in [6.07, 6.45) is 3.31. The maximum atomic E-state index is 9.97. The highest BCUT2D eigenvalue weighted by Gasteiger charge is 2.35. The van der Waals surface area contributed by atoms with Crippen LogP contribution in [0.5, 0.6) is 0 Å². The van der Waals surface area contributed by atoms with Gasteiger partial charge in [-0.2, -0.15) is 5.26 Å². The first-order chi connectivity index (χ1) is 11.3. The summed E-state index contributed by atoms with van der Waals surface area (Å²) in [5, 5.41) is 9.97. The fourth-order valence-corrected chi connectivity index (χ4v) is 3.83. The van der Waals surface area contributed by atoms with Crippen molar-refractivity contribution in [3.63, 3.8) is 0 Å². The first-order valence-electron chi connectivity index (χ1n) is 8.79. The Morgan fingerprint density at radius 3 is 2.38 bits per heavy atom. The van der Waals surface area contributed by atoms with Crippen LogP contribution in [-0.4, -0.2) is 4.98 Å². The van der Waals surface area contributed by atoms with Crippen molar-refractivity contribution in [2.75, 3.05) is 0 Å². The molecule has 2 nitrogen and oxygen atoms in total. The lowest BCUT2D eigenvalue weighted by Gasteiger charge is -2.35. The summed E-state index contributed by atoms with van der Waals surface area (Å²) >= 11 is 0. The van der Waals surface area contributed by atoms with Gasteiger partial charge in [-0.1, -0.05) is 65.0 Å². The minimum atomic E-state index is -0.156. The predicted octanol–water partition coefficient (Wildman–Crippen LogP) is 5.53. The Hall–Kier alpha value is -2.14. The Morgan fingerprint density at radius 1 is 1.12 bits per heavy atom. The van der Waals surface area contributed by atoms with E-state index >= 15 is 0 Å². The third-order valence-corrected chi connectivity index (χ3v) is 5.05. The fourth-order valence-electron chi connectivity index (χ4n) is 3.83. The molecule has 0 unspecified atom stereocenters. The number of nitriles is 1. The first-order valence-corrected chi connectivity index (χ1v) is 8.79. The van der Waals surface area contributed by atoms with Gasteiger partial charge in [-0.05, 0) is 30.4 Å². The summed E-state index contributed by atoms with van der Waals surface area (Å²) in [5.74, 6) is 0. The van der Waals surface area contributed by atoms with E-state index in [-0.39, 0.29) is 10.8 Å². The monoisotopic (exact) mass is 318 g/mol. The van der Waals surface area contributed by atoms with Crippen LogP contribution >= 0.6 is 0 Å². The molecule has 1 aromatic carbocycles. The largest absolute Gasteiger partial charge is 0.255 e. The van der Waals surface area contributed by atoms with Crippen molar-refractivity contribution >= 4 is 0 Å². The van der Waals surface area contributed by atoms with Crippen LogP contribution < -0.4 is 0 Å². The Balaban J connectivity index is 2.44. The van der Waals surface area contributed by atoms with E-state index in [1.807, 2.05) is 18.2 Å². The van der Waals surface area contributed by atoms with E-state index in [2.05, 4.69) is 52.8 Å². The molecular formula is C22H26N2. The second-order valence-electron chi connectivity index (χ2n) is 8.50. The third-order valence-electron chi connectivity index (χ3n) is 5.05. The number of hydrogen-bond acceptors (Lipinski definition) is 2. The molecule has 0 fully saturated rings. The van der Waals surface area contributed by atoms with E-state index in [4.69, 9.17) is 4.98 Å². The minimum Gasteiger partial charge on any atom is -0.255 e. The molecule has 0 atom stereocenters. The molecule has 0 saturated carbocycles. The SMILES string of the molecule is CC(C)(C)c1nc2c(c(-c3ccccc3)c1C#N)CCCC2(C)C. The molecule has 0 aliphatic heterocycles. The summed E-state index contributed by atoms with van der Waals surface area (Å²) in [6, 6.07) is 12.8. The zero-order chi connectivity index (χ0) is 17.5. The summed E-state index contributed by atoms with van der Waals surface area (Å²) in [7, 11) is 0. The molecule has 1 aliphatic carbocycles. The number of rotatable bonds is 1. The molecule has 0 radical (unpaired) electrons. The van der Waals surface area contributed by atoms with Crippen molar-refractivity contribution in [2.45, 2.75) is 64.7 Å². The summed E-state index contributed by atoms with van der Waals surface area (Å²) < 4.78 is 0. The molecule has 1 aliphatic rings. The van der Waals surface area contributed by atoms with E-state index in [0.717, 1.165) is 41.6 Å². The molecule has 0 amide bonds. The summed E-state index contributed by atoms with van der Waals surface area (Å²) in [4.78, 5) is 5.07. The van der Waals surface area contributed by atoms with Crippen molar-refractivity contribution in [1.29, 1.82) is 5.26 Å². The lowest BCUT2D eigenvalue weighted by molar-refractivity contribution is 0.412. The molecule has 1 heterocycles. The van der Waals surface area contributed by atoms with Crippen molar-refractivity contribution in [3.8, 4) is 17.2 Å². The molecule has 2 heteroatoms. The quantitative estimate of drug-likeness (QED) is 0.693. The molecule has 2 aromatic rings. The van der Waals surface area contributed by atoms with Gasteiger partial charge >= 0.3 is 0 Å². The van der Waals surface area contributed by atoms with Crippen LogP contribution in [0.15, 0.2) is 30.3 Å². The van der Waals surface area contributed by atoms with Crippen LogP contribution in [-0.2, 0) is 17.3 Å². The highest BCUT2D eigenvalue weighted by molar-refractivity contribution is 5.76. The third kappa shape index (κ3) is 2.73. The zero-order valence-electron chi connectivity index (χ0n) is 15.4. The number of hydrogen-bond donors (Lipinski definition) is 0. The zero-order valence-corrected chi connectivity index (χ0v) is 15.4.